The second-order valence-corrected chi connectivity index (χ2v) is 7.10. The maximum absolute atomic E-state index is 13.5. The minimum absolute atomic E-state index is 0.00893. The van der Waals surface area contributed by atoms with E-state index < -0.39 is 21.5 Å². The smallest absolute Gasteiger partial charge is 0.191 e. The Bertz CT molecular complexity index is 619. The van der Waals surface area contributed by atoms with Crippen molar-refractivity contribution in [3.8, 4) is 0 Å². The first-order valence-corrected chi connectivity index (χ1v) is 9.01. The Hall–Kier alpha value is -1.70. The van der Waals surface area contributed by atoms with E-state index in [0.717, 1.165) is 18.2 Å². The predicted molar refractivity (Wildman–Crippen MR) is 83.5 cm³/mol. The summed E-state index contributed by atoms with van der Waals surface area (Å²) in [6.45, 7) is 2.88. The largest absolute Gasteiger partial charge is 0.357 e. The van der Waals surface area contributed by atoms with Gasteiger partial charge in [0.05, 0.1) is 12.3 Å². The van der Waals surface area contributed by atoms with E-state index in [1.807, 2.05) is 6.92 Å². The van der Waals surface area contributed by atoms with Crippen LogP contribution in [0.5, 0.6) is 0 Å². The van der Waals surface area contributed by atoms with Crippen molar-refractivity contribution in [3.05, 3.63) is 35.4 Å². The summed E-state index contributed by atoms with van der Waals surface area (Å²) in [6.07, 6.45) is 1.62. The lowest BCUT2D eigenvalue weighted by atomic mass is 10.2. The Morgan fingerprint density at radius 3 is 2.64 bits per heavy atom. The van der Waals surface area contributed by atoms with Crippen LogP contribution in [0, 0.1) is 11.6 Å². The molecule has 8 heteroatoms. The predicted octanol–water partition coefficient (Wildman–Crippen LogP) is 1.45. The van der Waals surface area contributed by atoms with Gasteiger partial charge in [-0.3, -0.25) is 0 Å². The average molecular weight is 333 g/mol. The van der Waals surface area contributed by atoms with E-state index in [2.05, 4.69) is 15.6 Å². The first kappa shape index (κ1) is 18.3. The van der Waals surface area contributed by atoms with Crippen LogP contribution in [0.25, 0.3) is 0 Å². The van der Waals surface area contributed by atoms with Crippen molar-refractivity contribution in [2.75, 3.05) is 25.1 Å². The van der Waals surface area contributed by atoms with Crippen molar-refractivity contribution < 1.29 is 17.2 Å². The highest BCUT2D eigenvalue weighted by molar-refractivity contribution is 7.90. The van der Waals surface area contributed by atoms with Gasteiger partial charge in [0, 0.05) is 24.9 Å². The van der Waals surface area contributed by atoms with Gasteiger partial charge in [-0.15, -0.1) is 0 Å². The van der Waals surface area contributed by atoms with E-state index in [9.17, 15) is 17.2 Å². The normalized spacial score (nSPS) is 12.3. The molecular weight excluding hydrogens is 312 g/mol. The molecule has 0 radical (unpaired) electrons. The van der Waals surface area contributed by atoms with Crippen LogP contribution in [0.15, 0.2) is 23.2 Å². The molecule has 0 atom stereocenters. The number of guanidine groups is 1. The minimum Gasteiger partial charge on any atom is -0.357 e. The molecule has 0 bridgehead atoms. The van der Waals surface area contributed by atoms with Gasteiger partial charge in [-0.2, -0.15) is 0 Å². The first-order valence-electron chi connectivity index (χ1n) is 6.95. The number of rotatable bonds is 7. The monoisotopic (exact) mass is 333 g/mol. The molecule has 5 nitrogen and oxygen atoms in total. The van der Waals surface area contributed by atoms with Gasteiger partial charge >= 0.3 is 0 Å². The highest BCUT2D eigenvalue weighted by atomic mass is 32.2. The van der Waals surface area contributed by atoms with E-state index in [4.69, 9.17) is 0 Å². The van der Waals surface area contributed by atoms with E-state index in [-0.39, 0.29) is 17.9 Å². The van der Waals surface area contributed by atoms with Gasteiger partial charge in [0.2, 0.25) is 0 Å². The second kappa shape index (κ2) is 8.67. The highest BCUT2D eigenvalue weighted by Crippen LogP contribution is 2.10. The van der Waals surface area contributed by atoms with Gasteiger partial charge in [-0.25, -0.2) is 22.2 Å². The maximum atomic E-state index is 13.5. The lowest BCUT2D eigenvalue weighted by Gasteiger charge is -2.11. The molecule has 124 valence electrons. The van der Waals surface area contributed by atoms with Crippen molar-refractivity contribution >= 4 is 15.8 Å². The first-order chi connectivity index (χ1) is 10.3. The third-order valence-corrected chi connectivity index (χ3v) is 3.77. The zero-order valence-corrected chi connectivity index (χ0v) is 13.5. The zero-order valence-electron chi connectivity index (χ0n) is 12.7. The molecule has 0 aromatic heterocycles. The van der Waals surface area contributed by atoms with Gasteiger partial charge in [0.1, 0.15) is 21.5 Å². The molecular formula is C14H21F2N3O2S. The molecule has 0 aliphatic rings. The summed E-state index contributed by atoms with van der Waals surface area (Å²) in [5.41, 5.74) is 0.160. The molecule has 0 fully saturated rings. The van der Waals surface area contributed by atoms with Gasteiger partial charge in [0.25, 0.3) is 0 Å². The summed E-state index contributed by atoms with van der Waals surface area (Å²) in [5.74, 6) is -0.520. The fraction of sp³-hybridized carbons (Fsp3) is 0.500. The molecule has 0 spiro atoms. The highest BCUT2D eigenvalue weighted by Gasteiger charge is 2.05. The van der Waals surface area contributed by atoms with E-state index in [1.165, 1.54) is 6.26 Å². The quantitative estimate of drug-likeness (QED) is 0.450. The van der Waals surface area contributed by atoms with Crippen LogP contribution in [0.2, 0.25) is 0 Å². The van der Waals surface area contributed by atoms with Gasteiger partial charge < -0.3 is 10.6 Å². The number of nitrogens with one attached hydrogen (secondary N) is 2. The third-order valence-electron chi connectivity index (χ3n) is 2.74. The minimum atomic E-state index is -2.99. The fourth-order valence-electron chi connectivity index (χ4n) is 1.71. The van der Waals surface area contributed by atoms with Crippen molar-refractivity contribution in [2.45, 2.75) is 19.9 Å². The Kier molecular flexibility index (Phi) is 7.23. The fourth-order valence-corrected chi connectivity index (χ4v) is 2.38. The summed E-state index contributed by atoms with van der Waals surface area (Å²) in [4.78, 5) is 4.16. The lowest BCUT2D eigenvalue weighted by Crippen LogP contribution is -2.38. The number of nitrogens with zero attached hydrogens (tertiary/aromatic N) is 1. The lowest BCUT2D eigenvalue weighted by molar-refractivity contribution is 0.585. The zero-order chi connectivity index (χ0) is 16.6. The number of benzene rings is 1. The van der Waals surface area contributed by atoms with E-state index in [0.29, 0.717) is 25.5 Å². The van der Waals surface area contributed by atoms with Crippen LogP contribution in [-0.2, 0) is 16.4 Å². The van der Waals surface area contributed by atoms with Crippen LogP contribution in [0.3, 0.4) is 0 Å². The van der Waals surface area contributed by atoms with E-state index in [1.54, 1.807) is 0 Å². The molecule has 0 aliphatic carbocycles. The molecule has 2 N–H and O–H groups in total. The molecule has 0 saturated heterocycles. The summed E-state index contributed by atoms with van der Waals surface area (Å²) in [6, 6.07) is 3.22. The molecule has 0 heterocycles. The topological polar surface area (TPSA) is 70.6 Å². The number of hydrogen-bond acceptors (Lipinski definition) is 3. The van der Waals surface area contributed by atoms with Crippen LogP contribution < -0.4 is 10.6 Å². The Morgan fingerprint density at radius 2 is 2.00 bits per heavy atom. The van der Waals surface area contributed by atoms with Crippen molar-refractivity contribution in [1.82, 2.24) is 10.6 Å². The van der Waals surface area contributed by atoms with E-state index >= 15 is 0 Å². The number of hydrogen-bond donors (Lipinski definition) is 2. The van der Waals surface area contributed by atoms with Gasteiger partial charge in [-0.05, 0) is 31.5 Å². The maximum Gasteiger partial charge on any atom is 0.191 e. The van der Waals surface area contributed by atoms with Crippen LogP contribution in [0.4, 0.5) is 8.78 Å². The summed E-state index contributed by atoms with van der Waals surface area (Å²) in [7, 11) is -2.99. The summed E-state index contributed by atoms with van der Waals surface area (Å²) >= 11 is 0. The standard InChI is InChI=1S/C14H21F2N3O2S/c1-3-17-14(18-7-4-8-22(2,20)21)19-10-11-9-12(15)5-6-13(11)16/h5-6,9H,3-4,7-8,10H2,1-2H3,(H2,17,18,19). The third kappa shape index (κ3) is 7.35. The molecule has 0 aliphatic heterocycles. The molecule has 1 rings (SSSR count). The van der Waals surface area contributed by atoms with Crippen LogP contribution in [-0.4, -0.2) is 39.5 Å². The van der Waals surface area contributed by atoms with Crippen molar-refractivity contribution in [2.24, 2.45) is 4.99 Å². The number of aliphatic imine (C=N–C) groups is 1. The molecule has 0 unspecified atom stereocenters. The Morgan fingerprint density at radius 1 is 1.27 bits per heavy atom. The summed E-state index contributed by atoms with van der Waals surface area (Å²) in [5, 5.41) is 5.91. The molecule has 22 heavy (non-hydrogen) atoms. The van der Waals surface area contributed by atoms with Crippen LogP contribution >= 0.6 is 0 Å². The molecule has 0 amide bonds. The number of halogens is 2. The Labute approximate surface area is 129 Å². The van der Waals surface area contributed by atoms with Crippen molar-refractivity contribution in [1.29, 1.82) is 0 Å². The second-order valence-electron chi connectivity index (χ2n) is 4.84. The average Bonchev–Trinajstić information content (AvgIpc) is 2.43. The van der Waals surface area contributed by atoms with Crippen LogP contribution in [0.1, 0.15) is 18.9 Å². The van der Waals surface area contributed by atoms with Gasteiger partial charge in [-0.1, -0.05) is 0 Å². The molecule has 0 saturated carbocycles. The van der Waals surface area contributed by atoms with Gasteiger partial charge in [0.15, 0.2) is 5.96 Å². The summed E-state index contributed by atoms with van der Waals surface area (Å²) < 4.78 is 48.6. The molecule has 1 aromatic rings. The SMILES string of the molecule is CCNC(=NCc1cc(F)ccc1F)NCCCS(C)(=O)=O. The molecule has 1 aromatic carbocycles. The van der Waals surface area contributed by atoms with Crippen molar-refractivity contribution in [3.63, 3.8) is 0 Å². The Balaban J connectivity index is 2.59. The number of sulfone groups is 1.